The molecular weight excluding hydrogens is 232 g/mol. The third kappa shape index (κ3) is 24.6. The van der Waals surface area contributed by atoms with Crippen molar-refractivity contribution in [2.45, 2.75) is 84.7 Å². The molecule has 0 fully saturated rings. The van der Waals surface area contributed by atoms with E-state index in [-0.39, 0.29) is 0 Å². The molecule has 2 N–H and O–H groups in total. The zero-order valence-electron chi connectivity index (χ0n) is 12.4. The Balaban J connectivity index is 0. The maximum absolute atomic E-state index is 10.1. The van der Waals surface area contributed by atoms with Crippen LogP contribution >= 0.6 is 0 Å². The molecule has 0 aromatic heterocycles. The van der Waals surface area contributed by atoms with E-state index in [1.165, 1.54) is 32.1 Å². The zero-order chi connectivity index (χ0) is 14.4. The molecule has 4 heteroatoms. The summed E-state index contributed by atoms with van der Waals surface area (Å²) in [4.78, 5) is 14.1. The number of carbonyl (C=O) groups is 1. The van der Waals surface area contributed by atoms with Crippen LogP contribution in [0.4, 0.5) is 0 Å². The number of hydrogen-bond donors (Lipinski definition) is 2. The molecule has 0 atom stereocenters. The van der Waals surface area contributed by atoms with Crippen LogP contribution < -0.4 is 0 Å². The molecule has 0 saturated heterocycles. The summed E-state index contributed by atoms with van der Waals surface area (Å²) in [7, 11) is 0. The smallest absolute Gasteiger partial charge is 0.303 e. The van der Waals surface area contributed by atoms with E-state index in [9.17, 15) is 4.79 Å². The van der Waals surface area contributed by atoms with Gasteiger partial charge in [0.25, 0.3) is 0 Å². The fourth-order valence-corrected chi connectivity index (χ4v) is 1.23. The quantitative estimate of drug-likeness (QED) is 0.384. The molecule has 0 unspecified atom stereocenters. The molecule has 0 bridgehead atoms. The summed E-state index contributed by atoms with van der Waals surface area (Å²) < 4.78 is 0. The van der Waals surface area contributed by atoms with Gasteiger partial charge in [-0.25, -0.2) is 4.89 Å². The van der Waals surface area contributed by atoms with Crippen LogP contribution in [0.15, 0.2) is 0 Å². The second-order valence-electron chi connectivity index (χ2n) is 5.47. The lowest BCUT2D eigenvalue weighted by molar-refractivity contribution is -0.306. The second kappa shape index (κ2) is 12.8. The summed E-state index contributed by atoms with van der Waals surface area (Å²) in [6.07, 6.45) is 8.64. The van der Waals surface area contributed by atoms with Crippen molar-refractivity contribution in [3.05, 3.63) is 0 Å². The highest BCUT2D eigenvalue weighted by Gasteiger charge is 2.07. The standard InChI is InChI=1S/C10H20O2.C4H10O2/c1-2-3-4-5-6-7-8-9-10(11)12;1-4(2,3)6-5/h2-9H2,1H3,(H,11,12);5H,1-3H3. The van der Waals surface area contributed by atoms with Crippen molar-refractivity contribution in [2.24, 2.45) is 0 Å². The van der Waals surface area contributed by atoms with Gasteiger partial charge in [-0.15, -0.1) is 0 Å². The minimum atomic E-state index is -0.663. The molecule has 0 amide bonds. The number of rotatable bonds is 8. The Bertz CT molecular complexity index is 185. The number of aliphatic carboxylic acids is 1. The van der Waals surface area contributed by atoms with Crippen molar-refractivity contribution in [2.75, 3.05) is 0 Å². The van der Waals surface area contributed by atoms with E-state index in [1.54, 1.807) is 20.8 Å². The molecular formula is C14H30O4. The fraction of sp³-hybridized carbons (Fsp3) is 0.929. The first-order chi connectivity index (χ1) is 8.33. The Kier molecular flexibility index (Phi) is 14.1. The molecule has 4 nitrogen and oxygen atoms in total. The van der Waals surface area contributed by atoms with E-state index in [0.29, 0.717) is 6.42 Å². The van der Waals surface area contributed by atoms with Gasteiger partial charge in [0.05, 0.1) is 5.60 Å². The maximum Gasteiger partial charge on any atom is 0.303 e. The summed E-state index contributed by atoms with van der Waals surface area (Å²) >= 11 is 0. The van der Waals surface area contributed by atoms with Gasteiger partial charge in [-0.1, -0.05) is 45.4 Å². The molecule has 0 aliphatic rings. The molecule has 0 rings (SSSR count). The number of hydrogen-bond acceptors (Lipinski definition) is 3. The highest BCUT2D eigenvalue weighted by atomic mass is 17.1. The van der Waals surface area contributed by atoms with E-state index in [1.807, 2.05) is 0 Å². The van der Waals surface area contributed by atoms with E-state index >= 15 is 0 Å². The first-order valence-electron chi connectivity index (χ1n) is 6.88. The van der Waals surface area contributed by atoms with Gasteiger partial charge in [0, 0.05) is 6.42 Å². The largest absolute Gasteiger partial charge is 0.481 e. The molecule has 110 valence electrons. The number of carboxylic acid groups (broad SMARTS) is 1. The molecule has 0 aliphatic heterocycles. The summed E-state index contributed by atoms with van der Waals surface area (Å²) in [5, 5.41) is 16.3. The van der Waals surface area contributed by atoms with Gasteiger partial charge in [-0.2, -0.15) is 0 Å². The predicted molar refractivity (Wildman–Crippen MR) is 73.7 cm³/mol. The van der Waals surface area contributed by atoms with E-state index in [0.717, 1.165) is 12.8 Å². The Labute approximate surface area is 111 Å². The Morgan fingerprint density at radius 2 is 1.39 bits per heavy atom. The topological polar surface area (TPSA) is 66.8 Å². The Hall–Kier alpha value is -0.610. The predicted octanol–water partition coefficient (Wildman–Crippen LogP) is 4.49. The van der Waals surface area contributed by atoms with E-state index in [4.69, 9.17) is 10.4 Å². The van der Waals surface area contributed by atoms with Crippen LogP contribution in [-0.4, -0.2) is 21.9 Å². The number of carboxylic acids is 1. The van der Waals surface area contributed by atoms with Crippen LogP contribution in [0.3, 0.4) is 0 Å². The van der Waals surface area contributed by atoms with E-state index in [2.05, 4.69) is 11.8 Å². The molecule has 0 aromatic carbocycles. The molecule has 0 aliphatic carbocycles. The first-order valence-corrected chi connectivity index (χ1v) is 6.88. The van der Waals surface area contributed by atoms with Crippen molar-refractivity contribution in [3.63, 3.8) is 0 Å². The SMILES string of the molecule is CC(C)(C)OO.CCCCCCCCCC(=O)O. The molecule has 0 radical (unpaired) electrons. The van der Waals surface area contributed by atoms with Gasteiger partial charge in [0.15, 0.2) is 0 Å². The normalized spacial score (nSPS) is 10.7. The van der Waals surface area contributed by atoms with Gasteiger partial charge in [0.2, 0.25) is 0 Å². The van der Waals surface area contributed by atoms with Gasteiger partial charge in [0.1, 0.15) is 0 Å². The van der Waals surface area contributed by atoms with Crippen molar-refractivity contribution >= 4 is 5.97 Å². The Morgan fingerprint density at radius 1 is 1.00 bits per heavy atom. The average Bonchev–Trinajstić information content (AvgIpc) is 2.27. The molecule has 0 spiro atoms. The summed E-state index contributed by atoms with van der Waals surface area (Å²) in [5.74, 6) is -0.663. The lowest BCUT2D eigenvalue weighted by Crippen LogP contribution is -2.15. The van der Waals surface area contributed by atoms with E-state index < -0.39 is 11.6 Å². The third-order valence-electron chi connectivity index (χ3n) is 2.27. The van der Waals surface area contributed by atoms with Crippen LogP contribution in [0.1, 0.15) is 79.1 Å². The van der Waals surface area contributed by atoms with Gasteiger partial charge in [-0.05, 0) is 27.2 Å². The highest BCUT2D eigenvalue weighted by molar-refractivity contribution is 5.66. The average molecular weight is 262 g/mol. The van der Waals surface area contributed by atoms with Crippen molar-refractivity contribution < 1.29 is 20.0 Å². The molecule has 18 heavy (non-hydrogen) atoms. The van der Waals surface area contributed by atoms with Gasteiger partial charge < -0.3 is 5.11 Å². The summed E-state index contributed by atoms with van der Waals surface area (Å²) in [5.41, 5.74) is -0.403. The lowest BCUT2D eigenvalue weighted by atomic mass is 10.1. The Morgan fingerprint density at radius 3 is 1.72 bits per heavy atom. The second-order valence-corrected chi connectivity index (χ2v) is 5.47. The fourth-order valence-electron chi connectivity index (χ4n) is 1.23. The molecule has 0 heterocycles. The monoisotopic (exact) mass is 262 g/mol. The van der Waals surface area contributed by atoms with Gasteiger partial charge in [-0.3, -0.25) is 10.1 Å². The van der Waals surface area contributed by atoms with Gasteiger partial charge >= 0.3 is 5.97 Å². The molecule has 0 saturated carbocycles. The van der Waals surface area contributed by atoms with Crippen LogP contribution in [0.5, 0.6) is 0 Å². The third-order valence-corrected chi connectivity index (χ3v) is 2.27. The maximum atomic E-state index is 10.1. The summed E-state index contributed by atoms with van der Waals surface area (Å²) in [6, 6.07) is 0. The van der Waals surface area contributed by atoms with Crippen molar-refractivity contribution in [1.82, 2.24) is 0 Å². The van der Waals surface area contributed by atoms with Crippen LogP contribution in [0, 0.1) is 0 Å². The minimum absolute atomic E-state index is 0.341. The summed E-state index contributed by atoms with van der Waals surface area (Å²) in [6.45, 7) is 7.51. The first kappa shape index (κ1) is 19.7. The molecule has 0 aromatic rings. The number of unbranched alkanes of at least 4 members (excludes halogenated alkanes) is 6. The van der Waals surface area contributed by atoms with Crippen molar-refractivity contribution in [1.29, 1.82) is 0 Å². The minimum Gasteiger partial charge on any atom is -0.481 e. The van der Waals surface area contributed by atoms with Crippen LogP contribution in [-0.2, 0) is 9.68 Å². The lowest BCUT2D eigenvalue weighted by Gasteiger charge is -2.10. The van der Waals surface area contributed by atoms with Crippen LogP contribution in [0.2, 0.25) is 0 Å². The zero-order valence-corrected chi connectivity index (χ0v) is 12.4. The van der Waals surface area contributed by atoms with Crippen molar-refractivity contribution in [3.8, 4) is 0 Å². The van der Waals surface area contributed by atoms with Crippen LogP contribution in [0.25, 0.3) is 0 Å². The highest BCUT2D eigenvalue weighted by Crippen LogP contribution is 2.07.